The van der Waals surface area contributed by atoms with Crippen LogP contribution in [-0.4, -0.2) is 36.5 Å². The Morgan fingerprint density at radius 1 is 1.44 bits per heavy atom. The second-order valence-electron chi connectivity index (χ2n) is 3.64. The molecule has 0 saturated carbocycles. The minimum absolute atomic E-state index is 0.232. The number of carbonyl (C=O) groups is 2. The highest BCUT2D eigenvalue weighted by atomic mass is 19.1. The molecule has 0 radical (unpaired) electrons. The van der Waals surface area contributed by atoms with Gasteiger partial charge in [0.2, 0.25) is 0 Å². The lowest BCUT2D eigenvalue weighted by molar-refractivity contribution is -0.129. The normalized spacial score (nSPS) is 14.6. The first-order valence-corrected chi connectivity index (χ1v) is 5.24. The molecule has 0 aliphatic carbocycles. The van der Waals surface area contributed by atoms with Crippen molar-refractivity contribution < 1.29 is 23.1 Å². The van der Waals surface area contributed by atoms with Crippen LogP contribution < -0.4 is 10.1 Å². The van der Waals surface area contributed by atoms with Crippen molar-refractivity contribution in [2.24, 2.45) is 0 Å². The van der Waals surface area contributed by atoms with Gasteiger partial charge in [-0.05, 0) is 12.1 Å². The van der Waals surface area contributed by atoms with E-state index in [0.717, 1.165) is 17.0 Å². The summed E-state index contributed by atoms with van der Waals surface area (Å²) in [7, 11) is 0. The fraction of sp³-hybridized carbons (Fsp3) is 0.273. The highest BCUT2D eigenvalue weighted by Crippen LogP contribution is 2.17. The maximum absolute atomic E-state index is 13.2. The average molecular weight is 256 g/mol. The van der Waals surface area contributed by atoms with E-state index in [4.69, 9.17) is 4.74 Å². The molecule has 1 N–H and O–H groups in total. The maximum Gasteiger partial charge on any atom is 0.324 e. The molecule has 7 heteroatoms. The summed E-state index contributed by atoms with van der Waals surface area (Å²) in [4.78, 5) is 23.7. The van der Waals surface area contributed by atoms with Gasteiger partial charge in [0.15, 0.2) is 18.2 Å². The third kappa shape index (κ3) is 2.55. The van der Waals surface area contributed by atoms with Gasteiger partial charge in [-0.3, -0.25) is 9.69 Å². The first-order chi connectivity index (χ1) is 8.58. The van der Waals surface area contributed by atoms with Crippen LogP contribution in [0.3, 0.4) is 0 Å². The molecule has 0 aromatic heterocycles. The highest BCUT2D eigenvalue weighted by molar-refractivity contribution is 5.96. The number of nitrogens with zero attached hydrogens (tertiary/aromatic N) is 1. The molecule has 96 valence electrons. The molecule has 0 atom stereocenters. The van der Waals surface area contributed by atoms with E-state index < -0.39 is 30.2 Å². The number of imide groups is 1. The van der Waals surface area contributed by atoms with Gasteiger partial charge < -0.3 is 10.1 Å². The Kier molecular flexibility index (Phi) is 3.40. The summed E-state index contributed by atoms with van der Waals surface area (Å²) in [5.41, 5.74) is 0. The first kappa shape index (κ1) is 12.3. The molecule has 0 bridgehead atoms. The lowest BCUT2D eigenvalue weighted by atomic mass is 10.3. The van der Waals surface area contributed by atoms with Crippen LogP contribution >= 0.6 is 0 Å². The molecule has 0 unspecified atom stereocenters. The molecular formula is C11H10F2N2O3. The molecular weight excluding hydrogens is 246 g/mol. The Morgan fingerprint density at radius 2 is 2.22 bits per heavy atom. The first-order valence-electron chi connectivity index (χ1n) is 5.24. The van der Waals surface area contributed by atoms with Crippen LogP contribution in [0.5, 0.6) is 5.75 Å². The van der Waals surface area contributed by atoms with Crippen LogP contribution in [0.1, 0.15) is 0 Å². The number of hydrogen-bond donors (Lipinski definition) is 1. The van der Waals surface area contributed by atoms with E-state index in [2.05, 4.69) is 5.32 Å². The fourth-order valence-electron chi connectivity index (χ4n) is 1.52. The van der Waals surface area contributed by atoms with Crippen molar-refractivity contribution in [2.45, 2.75) is 0 Å². The van der Waals surface area contributed by atoms with Gasteiger partial charge in [0.05, 0.1) is 0 Å². The summed E-state index contributed by atoms with van der Waals surface area (Å²) >= 11 is 0. The number of carbonyl (C=O) groups excluding carboxylic acids is 2. The monoisotopic (exact) mass is 256 g/mol. The van der Waals surface area contributed by atoms with E-state index in [-0.39, 0.29) is 12.3 Å². The van der Waals surface area contributed by atoms with Crippen molar-refractivity contribution in [3.05, 3.63) is 29.8 Å². The van der Waals surface area contributed by atoms with Gasteiger partial charge in [0.25, 0.3) is 5.91 Å². The zero-order valence-electron chi connectivity index (χ0n) is 9.28. The molecule has 0 spiro atoms. The molecule has 3 amide bonds. The molecule has 1 heterocycles. The van der Waals surface area contributed by atoms with Crippen LogP contribution in [-0.2, 0) is 4.79 Å². The van der Waals surface area contributed by atoms with E-state index in [1.54, 1.807) is 0 Å². The summed E-state index contributed by atoms with van der Waals surface area (Å²) in [5.74, 6) is -2.43. The van der Waals surface area contributed by atoms with Gasteiger partial charge in [-0.2, -0.15) is 0 Å². The minimum Gasteiger partial charge on any atom is -0.481 e. The standard InChI is InChI=1S/C11H10F2N2O3/c12-7-1-2-9(8(13)5-7)18-6-10(16)15-4-3-14-11(15)17/h1-2,5H,3-4,6H2,(H,14,17). The number of rotatable bonds is 3. The van der Waals surface area contributed by atoms with Gasteiger partial charge in [-0.15, -0.1) is 0 Å². The highest BCUT2D eigenvalue weighted by Gasteiger charge is 2.26. The third-order valence-electron chi connectivity index (χ3n) is 2.40. The zero-order valence-corrected chi connectivity index (χ0v) is 9.28. The molecule has 5 nitrogen and oxygen atoms in total. The van der Waals surface area contributed by atoms with Gasteiger partial charge in [0.1, 0.15) is 5.82 Å². The van der Waals surface area contributed by atoms with Crippen molar-refractivity contribution in [1.29, 1.82) is 0 Å². The van der Waals surface area contributed by atoms with Crippen molar-refractivity contribution >= 4 is 11.9 Å². The van der Waals surface area contributed by atoms with E-state index in [9.17, 15) is 18.4 Å². The summed E-state index contributed by atoms with van der Waals surface area (Å²) in [6, 6.07) is 2.26. The Hall–Kier alpha value is -2.18. The number of benzene rings is 1. The SMILES string of the molecule is O=C(COc1ccc(F)cc1F)N1CCNC1=O. The maximum atomic E-state index is 13.2. The fourth-order valence-corrected chi connectivity index (χ4v) is 1.52. The number of ether oxygens (including phenoxy) is 1. The number of urea groups is 1. The quantitative estimate of drug-likeness (QED) is 0.874. The molecule has 1 aromatic rings. The minimum atomic E-state index is -0.895. The van der Waals surface area contributed by atoms with Gasteiger partial charge in [-0.25, -0.2) is 13.6 Å². The van der Waals surface area contributed by atoms with Crippen LogP contribution in [0.2, 0.25) is 0 Å². The van der Waals surface area contributed by atoms with Crippen LogP contribution in [0, 0.1) is 11.6 Å². The van der Waals surface area contributed by atoms with Crippen molar-refractivity contribution in [3.8, 4) is 5.75 Å². The van der Waals surface area contributed by atoms with E-state index in [1.807, 2.05) is 0 Å². The summed E-state index contributed by atoms with van der Waals surface area (Å²) in [6.45, 7) is 0.165. The van der Waals surface area contributed by atoms with Gasteiger partial charge >= 0.3 is 6.03 Å². The van der Waals surface area contributed by atoms with E-state index >= 15 is 0 Å². The molecule has 2 rings (SSSR count). The van der Waals surface area contributed by atoms with E-state index in [1.165, 1.54) is 0 Å². The van der Waals surface area contributed by atoms with Crippen LogP contribution in [0.25, 0.3) is 0 Å². The van der Waals surface area contributed by atoms with Crippen molar-refractivity contribution in [3.63, 3.8) is 0 Å². The Bertz CT molecular complexity index is 493. The topological polar surface area (TPSA) is 58.6 Å². The smallest absolute Gasteiger partial charge is 0.324 e. The predicted octanol–water partition coefficient (Wildman–Crippen LogP) is 0.895. The summed E-state index contributed by atoms with van der Waals surface area (Å²) in [5, 5.41) is 2.45. The lowest BCUT2D eigenvalue weighted by Gasteiger charge is -2.13. The number of halogens is 2. The van der Waals surface area contributed by atoms with Gasteiger partial charge in [-0.1, -0.05) is 0 Å². The second kappa shape index (κ2) is 4.99. The Labute approximate surface area is 101 Å². The molecule has 1 aliphatic heterocycles. The molecule has 1 fully saturated rings. The predicted molar refractivity (Wildman–Crippen MR) is 57.0 cm³/mol. The molecule has 18 heavy (non-hydrogen) atoms. The van der Waals surface area contributed by atoms with E-state index in [0.29, 0.717) is 12.6 Å². The largest absolute Gasteiger partial charge is 0.481 e. The van der Waals surface area contributed by atoms with Gasteiger partial charge in [0, 0.05) is 19.2 Å². The Morgan fingerprint density at radius 3 is 2.83 bits per heavy atom. The van der Waals surface area contributed by atoms with Crippen LogP contribution in [0.15, 0.2) is 18.2 Å². The summed E-state index contributed by atoms with van der Waals surface area (Å²) in [6.07, 6.45) is 0. The van der Waals surface area contributed by atoms with Crippen molar-refractivity contribution in [2.75, 3.05) is 19.7 Å². The molecule has 1 aliphatic rings. The average Bonchev–Trinajstić information content (AvgIpc) is 2.74. The molecule has 1 saturated heterocycles. The van der Waals surface area contributed by atoms with Crippen LogP contribution in [0.4, 0.5) is 13.6 Å². The number of hydrogen-bond acceptors (Lipinski definition) is 3. The second-order valence-corrected chi connectivity index (χ2v) is 3.64. The number of nitrogens with one attached hydrogen (secondary N) is 1. The third-order valence-corrected chi connectivity index (χ3v) is 2.40. The zero-order chi connectivity index (χ0) is 13.1. The Balaban J connectivity index is 1.95. The van der Waals surface area contributed by atoms with Crippen molar-refractivity contribution in [1.82, 2.24) is 10.2 Å². The lowest BCUT2D eigenvalue weighted by Crippen LogP contribution is -2.37. The summed E-state index contributed by atoms with van der Waals surface area (Å²) < 4.78 is 30.7. The molecule has 1 aromatic carbocycles. The number of amides is 3.